The van der Waals surface area contributed by atoms with E-state index in [4.69, 9.17) is 0 Å². The van der Waals surface area contributed by atoms with Crippen LogP contribution in [0.4, 0.5) is 0 Å². The molecule has 0 aromatic heterocycles. The number of rotatable bonds is 5. The molecule has 1 nitrogen and oxygen atoms in total. The highest BCUT2D eigenvalue weighted by atomic mass is 16.3. The smallest absolute Gasteiger partial charge is 0.0932 e. The molecule has 118 valence electrons. The lowest BCUT2D eigenvalue weighted by molar-refractivity contribution is 0.319. The molecule has 0 bridgehead atoms. The summed E-state index contributed by atoms with van der Waals surface area (Å²) in [5.74, 6) is 2.02. The van der Waals surface area contributed by atoms with Crippen LogP contribution in [0.15, 0.2) is 48.4 Å². The average Bonchev–Trinajstić information content (AvgIpc) is 2.59. The second-order valence-corrected chi connectivity index (χ2v) is 6.33. The highest BCUT2D eigenvalue weighted by Gasteiger charge is 2.21. The van der Waals surface area contributed by atoms with Gasteiger partial charge in [0.05, 0.1) is 5.76 Å². The van der Waals surface area contributed by atoms with Crippen molar-refractivity contribution in [1.29, 1.82) is 0 Å². The molecule has 0 amide bonds. The van der Waals surface area contributed by atoms with Crippen LogP contribution in [0.1, 0.15) is 69.4 Å². The van der Waals surface area contributed by atoms with E-state index in [-0.39, 0.29) is 0 Å². The van der Waals surface area contributed by atoms with Gasteiger partial charge in [-0.05, 0) is 54.7 Å². The Kier molecular flexibility index (Phi) is 6.10. The topological polar surface area (TPSA) is 20.2 Å². The minimum absolute atomic E-state index is 0.369. The molecule has 1 aromatic rings. The summed E-state index contributed by atoms with van der Waals surface area (Å²) in [4.78, 5) is 0. The van der Waals surface area contributed by atoms with Gasteiger partial charge in [0.15, 0.2) is 0 Å². The number of hydrogen-bond acceptors (Lipinski definition) is 1. The minimum Gasteiger partial charge on any atom is -0.512 e. The summed E-state index contributed by atoms with van der Waals surface area (Å²) in [6.07, 6.45) is 9.09. The summed E-state index contributed by atoms with van der Waals surface area (Å²) in [6.45, 7) is 7.98. The summed E-state index contributed by atoms with van der Waals surface area (Å²) in [5, 5.41) is 9.70. The fraction of sp³-hybridized carbons (Fsp3) is 0.476. The molecule has 1 saturated carbocycles. The number of aliphatic hydroxyl groups excluding tert-OH is 1. The first-order valence-corrected chi connectivity index (χ1v) is 8.57. The predicted molar refractivity (Wildman–Crippen MR) is 95.0 cm³/mol. The Morgan fingerprint density at radius 2 is 1.82 bits per heavy atom. The molecule has 1 fully saturated rings. The van der Waals surface area contributed by atoms with Crippen LogP contribution in [0, 0.1) is 5.92 Å². The first kappa shape index (κ1) is 16.6. The van der Waals surface area contributed by atoms with Crippen LogP contribution >= 0.6 is 0 Å². The van der Waals surface area contributed by atoms with Crippen molar-refractivity contribution >= 4 is 5.57 Å². The summed E-state index contributed by atoms with van der Waals surface area (Å²) >= 11 is 0. The molecule has 2 rings (SSSR count). The number of allylic oxidation sites excluding steroid dienone is 3. The molecule has 0 heterocycles. The van der Waals surface area contributed by atoms with Crippen molar-refractivity contribution < 1.29 is 5.11 Å². The van der Waals surface area contributed by atoms with Gasteiger partial charge in [-0.3, -0.25) is 0 Å². The van der Waals surface area contributed by atoms with Gasteiger partial charge < -0.3 is 5.11 Å². The maximum atomic E-state index is 9.70. The highest BCUT2D eigenvalue weighted by molar-refractivity contribution is 5.73. The van der Waals surface area contributed by atoms with E-state index in [0.29, 0.717) is 18.1 Å². The third kappa shape index (κ3) is 4.15. The predicted octanol–water partition coefficient (Wildman–Crippen LogP) is 6.39. The van der Waals surface area contributed by atoms with Crippen LogP contribution in [0.3, 0.4) is 0 Å². The highest BCUT2D eigenvalue weighted by Crippen LogP contribution is 2.37. The maximum Gasteiger partial charge on any atom is 0.0932 e. The second-order valence-electron chi connectivity index (χ2n) is 6.33. The first-order valence-electron chi connectivity index (χ1n) is 8.57. The Morgan fingerprint density at radius 3 is 2.32 bits per heavy atom. The van der Waals surface area contributed by atoms with Crippen molar-refractivity contribution in [2.45, 2.75) is 58.3 Å². The fourth-order valence-electron chi connectivity index (χ4n) is 3.34. The average molecular weight is 296 g/mol. The van der Waals surface area contributed by atoms with Crippen LogP contribution in [-0.4, -0.2) is 5.11 Å². The molecule has 0 unspecified atom stereocenters. The molecule has 22 heavy (non-hydrogen) atoms. The largest absolute Gasteiger partial charge is 0.512 e. The summed E-state index contributed by atoms with van der Waals surface area (Å²) in [6, 6.07) is 8.74. The Bertz CT molecular complexity index is 550. The van der Waals surface area contributed by atoms with E-state index in [9.17, 15) is 5.11 Å². The van der Waals surface area contributed by atoms with Crippen molar-refractivity contribution in [2.75, 3.05) is 0 Å². The zero-order valence-corrected chi connectivity index (χ0v) is 13.9. The number of aliphatic hydroxyl groups is 1. The standard InChI is InChI=1S/C21H28O/c1-4-16-7-9-19(10-8-16)20-13-11-18(12-14-20)17(5-2)15-21(22)6-3/h11-16,19,22H,2,4,6-10H2,1,3H3/b21-15+. The third-order valence-corrected chi connectivity index (χ3v) is 4.98. The normalized spacial score (nSPS) is 22.2. The molecule has 0 saturated heterocycles. The molecule has 1 aliphatic carbocycles. The van der Waals surface area contributed by atoms with Gasteiger partial charge in [0.2, 0.25) is 0 Å². The summed E-state index contributed by atoms with van der Waals surface area (Å²) in [5.41, 5.74) is 6.31. The first-order chi connectivity index (χ1) is 10.7. The van der Waals surface area contributed by atoms with Gasteiger partial charge in [-0.2, -0.15) is 0 Å². The SMILES string of the molecule is C=C=C(/C=C(/O)CC)c1ccc(C2CCC(CC)CC2)cc1. The summed E-state index contributed by atoms with van der Waals surface area (Å²) in [7, 11) is 0. The van der Waals surface area contributed by atoms with Crippen LogP contribution in [0.25, 0.3) is 5.57 Å². The lowest BCUT2D eigenvalue weighted by Crippen LogP contribution is -2.12. The van der Waals surface area contributed by atoms with Gasteiger partial charge >= 0.3 is 0 Å². The molecular formula is C21H28O. The van der Waals surface area contributed by atoms with E-state index in [2.05, 4.69) is 43.5 Å². The van der Waals surface area contributed by atoms with Gasteiger partial charge in [0, 0.05) is 12.0 Å². The number of hydrogen-bond donors (Lipinski definition) is 1. The third-order valence-electron chi connectivity index (χ3n) is 4.98. The van der Waals surface area contributed by atoms with Crippen LogP contribution in [0.5, 0.6) is 0 Å². The van der Waals surface area contributed by atoms with Crippen LogP contribution < -0.4 is 0 Å². The summed E-state index contributed by atoms with van der Waals surface area (Å²) < 4.78 is 0. The maximum absolute atomic E-state index is 9.70. The monoisotopic (exact) mass is 296 g/mol. The molecule has 1 aromatic carbocycles. The molecule has 1 N–H and O–H groups in total. The van der Waals surface area contributed by atoms with Gasteiger partial charge in [-0.15, -0.1) is 5.73 Å². The number of benzene rings is 1. The Balaban J connectivity index is 2.09. The van der Waals surface area contributed by atoms with Crippen LogP contribution in [-0.2, 0) is 0 Å². The van der Waals surface area contributed by atoms with Crippen LogP contribution in [0.2, 0.25) is 0 Å². The van der Waals surface area contributed by atoms with Crippen molar-refractivity contribution in [3.8, 4) is 0 Å². The minimum atomic E-state index is 0.369. The van der Waals surface area contributed by atoms with E-state index in [1.165, 1.54) is 37.7 Å². The molecule has 0 atom stereocenters. The van der Waals surface area contributed by atoms with E-state index in [0.717, 1.165) is 17.1 Å². The van der Waals surface area contributed by atoms with Gasteiger partial charge in [0.1, 0.15) is 0 Å². The van der Waals surface area contributed by atoms with E-state index in [1.807, 2.05) is 6.92 Å². The lowest BCUT2D eigenvalue weighted by Gasteiger charge is -2.28. The van der Waals surface area contributed by atoms with Crippen molar-refractivity contribution in [3.05, 3.63) is 59.5 Å². The molecule has 1 aliphatic rings. The van der Waals surface area contributed by atoms with Crippen molar-refractivity contribution in [3.63, 3.8) is 0 Å². The Labute approximate surface area is 135 Å². The Hall–Kier alpha value is -1.72. The fourth-order valence-corrected chi connectivity index (χ4v) is 3.34. The lowest BCUT2D eigenvalue weighted by atomic mass is 9.77. The molecule has 0 spiro atoms. The van der Waals surface area contributed by atoms with E-state index >= 15 is 0 Å². The van der Waals surface area contributed by atoms with E-state index in [1.54, 1.807) is 6.08 Å². The van der Waals surface area contributed by atoms with Crippen molar-refractivity contribution in [1.82, 2.24) is 0 Å². The van der Waals surface area contributed by atoms with Gasteiger partial charge in [-0.25, -0.2) is 0 Å². The molecule has 0 radical (unpaired) electrons. The Morgan fingerprint density at radius 1 is 1.18 bits per heavy atom. The van der Waals surface area contributed by atoms with Gasteiger partial charge in [0.25, 0.3) is 0 Å². The molecular weight excluding hydrogens is 268 g/mol. The molecule has 0 aliphatic heterocycles. The second kappa shape index (κ2) is 8.06. The van der Waals surface area contributed by atoms with Gasteiger partial charge in [-0.1, -0.05) is 51.1 Å². The van der Waals surface area contributed by atoms with E-state index < -0.39 is 0 Å². The van der Waals surface area contributed by atoms with Crippen molar-refractivity contribution in [2.24, 2.45) is 5.92 Å². The quantitative estimate of drug-likeness (QED) is 0.379. The molecule has 1 heteroatoms. The zero-order valence-electron chi connectivity index (χ0n) is 13.9. The zero-order chi connectivity index (χ0) is 15.9.